The number of amides is 1. The molecular weight excluding hydrogens is 376 g/mol. The highest BCUT2D eigenvalue weighted by Gasteiger charge is 2.11. The molecule has 4 rings (SSSR count). The summed E-state index contributed by atoms with van der Waals surface area (Å²) in [6.07, 6.45) is 2.91. The van der Waals surface area contributed by atoms with Gasteiger partial charge in [0, 0.05) is 22.9 Å². The van der Waals surface area contributed by atoms with E-state index in [4.69, 9.17) is 0 Å². The molecule has 4 aromatic rings. The molecule has 134 valence electrons. The number of rotatable bonds is 6. The first-order valence-electron chi connectivity index (χ1n) is 8.47. The van der Waals surface area contributed by atoms with Gasteiger partial charge in [0.05, 0.1) is 5.52 Å². The van der Waals surface area contributed by atoms with E-state index in [-0.39, 0.29) is 5.91 Å². The van der Waals surface area contributed by atoms with Gasteiger partial charge < -0.3 is 5.32 Å². The predicted molar refractivity (Wildman–Crippen MR) is 109 cm³/mol. The monoisotopic (exact) mass is 392 g/mol. The highest BCUT2D eigenvalue weighted by Crippen LogP contribution is 2.35. The van der Waals surface area contributed by atoms with Crippen molar-refractivity contribution < 1.29 is 4.79 Å². The Morgan fingerprint density at radius 1 is 1.00 bits per heavy atom. The van der Waals surface area contributed by atoms with Gasteiger partial charge in [-0.3, -0.25) is 9.78 Å². The SMILES string of the molecule is O=C(CCc1ccccc1)Nc1nnc(Sc2ccnc3ccccc23)s1. The van der Waals surface area contributed by atoms with Crippen LogP contribution in [-0.4, -0.2) is 21.1 Å². The van der Waals surface area contributed by atoms with Gasteiger partial charge in [0.15, 0.2) is 4.34 Å². The van der Waals surface area contributed by atoms with Crippen LogP contribution in [0.15, 0.2) is 76.1 Å². The minimum atomic E-state index is -0.0547. The van der Waals surface area contributed by atoms with Gasteiger partial charge in [0.2, 0.25) is 11.0 Å². The second kappa shape index (κ2) is 8.28. The average Bonchev–Trinajstić information content (AvgIpc) is 3.14. The Morgan fingerprint density at radius 3 is 2.70 bits per heavy atom. The summed E-state index contributed by atoms with van der Waals surface area (Å²) in [5, 5.41) is 12.7. The molecule has 0 radical (unpaired) electrons. The van der Waals surface area contributed by atoms with Crippen LogP contribution in [0.2, 0.25) is 0 Å². The van der Waals surface area contributed by atoms with Crippen molar-refractivity contribution in [1.82, 2.24) is 15.2 Å². The summed E-state index contributed by atoms with van der Waals surface area (Å²) >= 11 is 2.90. The van der Waals surface area contributed by atoms with E-state index >= 15 is 0 Å². The zero-order valence-electron chi connectivity index (χ0n) is 14.3. The van der Waals surface area contributed by atoms with Crippen LogP contribution in [0.5, 0.6) is 0 Å². The van der Waals surface area contributed by atoms with Gasteiger partial charge in [-0.15, -0.1) is 10.2 Å². The number of carbonyl (C=O) groups is 1. The van der Waals surface area contributed by atoms with Crippen molar-refractivity contribution in [3.05, 3.63) is 72.4 Å². The molecule has 7 heteroatoms. The van der Waals surface area contributed by atoms with E-state index in [1.165, 1.54) is 23.1 Å². The molecule has 0 aliphatic carbocycles. The Balaban J connectivity index is 1.39. The lowest BCUT2D eigenvalue weighted by Crippen LogP contribution is -2.12. The number of aryl methyl sites for hydroxylation is 1. The second-order valence-electron chi connectivity index (χ2n) is 5.84. The Bertz CT molecular complexity index is 1060. The maximum absolute atomic E-state index is 12.1. The highest BCUT2D eigenvalue weighted by atomic mass is 32.2. The topological polar surface area (TPSA) is 67.8 Å². The maximum atomic E-state index is 12.1. The molecule has 1 N–H and O–H groups in total. The van der Waals surface area contributed by atoms with Crippen molar-refractivity contribution in [2.24, 2.45) is 0 Å². The van der Waals surface area contributed by atoms with E-state index in [1.54, 1.807) is 6.20 Å². The molecule has 0 aliphatic rings. The third-order valence-corrected chi connectivity index (χ3v) is 5.91. The highest BCUT2D eigenvalue weighted by molar-refractivity contribution is 8.01. The molecule has 0 saturated carbocycles. The average molecular weight is 393 g/mol. The van der Waals surface area contributed by atoms with E-state index in [0.717, 1.165) is 25.7 Å². The fraction of sp³-hybridized carbons (Fsp3) is 0.100. The van der Waals surface area contributed by atoms with E-state index in [1.807, 2.05) is 60.7 Å². The number of pyridine rings is 1. The van der Waals surface area contributed by atoms with Crippen LogP contribution in [0.25, 0.3) is 10.9 Å². The molecule has 0 fully saturated rings. The van der Waals surface area contributed by atoms with Crippen molar-refractivity contribution >= 4 is 45.0 Å². The largest absolute Gasteiger partial charge is 0.300 e. The third kappa shape index (κ3) is 4.50. The molecule has 0 spiro atoms. The number of fused-ring (bicyclic) bond motifs is 1. The van der Waals surface area contributed by atoms with E-state index < -0.39 is 0 Å². The first kappa shape index (κ1) is 17.6. The summed E-state index contributed by atoms with van der Waals surface area (Å²) in [5.74, 6) is -0.0547. The van der Waals surface area contributed by atoms with Crippen LogP contribution in [0, 0.1) is 0 Å². The number of aromatic nitrogens is 3. The van der Waals surface area contributed by atoms with Crippen molar-refractivity contribution in [3.63, 3.8) is 0 Å². The van der Waals surface area contributed by atoms with Gasteiger partial charge in [-0.05, 0) is 24.1 Å². The molecule has 0 unspecified atom stereocenters. The Morgan fingerprint density at radius 2 is 1.81 bits per heavy atom. The number of benzene rings is 2. The van der Waals surface area contributed by atoms with Gasteiger partial charge in [0.25, 0.3) is 0 Å². The van der Waals surface area contributed by atoms with Gasteiger partial charge in [-0.1, -0.05) is 71.6 Å². The van der Waals surface area contributed by atoms with Crippen molar-refractivity contribution in [2.45, 2.75) is 22.1 Å². The second-order valence-corrected chi connectivity index (χ2v) is 8.10. The smallest absolute Gasteiger partial charge is 0.226 e. The first-order chi connectivity index (χ1) is 13.3. The lowest BCUT2D eigenvalue weighted by atomic mass is 10.1. The van der Waals surface area contributed by atoms with E-state index in [0.29, 0.717) is 18.0 Å². The molecule has 2 heterocycles. The number of nitrogens with one attached hydrogen (secondary N) is 1. The number of hydrogen-bond acceptors (Lipinski definition) is 6. The maximum Gasteiger partial charge on any atom is 0.226 e. The van der Waals surface area contributed by atoms with Crippen LogP contribution in [-0.2, 0) is 11.2 Å². The van der Waals surface area contributed by atoms with Crippen molar-refractivity contribution in [3.8, 4) is 0 Å². The van der Waals surface area contributed by atoms with Gasteiger partial charge in [-0.2, -0.15) is 0 Å². The molecular formula is C20H16N4OS2. The Labute approximate surface area is 164 Å². The van der Waals surface area contributed by atoms with Crippen LogP contribution in [0.3, 0.4) is 0 Å². The normalized spacial score (nSPS) is 10.8. The first-order valence-corrected chi connectivity index (χ1v) is 10.1. The quantitative estimate of drug-likeness (QED) is 0.477. The molecule has 5 nitrogen and oxygen atoms in total. The van der Waals surface area contributed by atoms with Crippen LogP contribution in [0.1, 0.15) is 12.0 Å². The molecule has 27 heavy (non-hydrogen) atoms. The number of anilines is 1. The summed E-state index contributed by atoms with van der Waals surface area (Å²) in [4.78, 5) is 17.6. The molecule has 2 aromatic heterocycles. The number of carbonyl (C=O) groups excluding carboxylic acids is 1. The summed E-state index contributed by atoms with van der Waals surface area (Å²) in [7, 11) is 0. The summed E-state index contributed by atoms with van der Waals surface area (Å²) in [5.41, 5.74) is 2.09. The van der Waals surface area contributed by atoms with Crippen LogP contribution >= 0.6 is 23.1 Å². The third-order valence-electron chi connectivity index (χ3n) is 3.94. The van der Waals surface area contributed by atoms with Gasteiger partial charge >= 0.3 is 0 Å². The molecule has 0 bridgehead atoms. The molecule has 0 atom stereocenters. The summed E-state index contributed by atoms with van der Waals surface area (Å²) in [6, 6.07) is 19.9. The number of para-hydroxylation sites is 1. The number of hydrogen-bond donors (Lipinski definition) is 1. The van der Waals surface area contributed by atoms with Crippen LogP contribution in [0.4, 0.5) is 5.13 Å². The van der Waals surface area contributed by atoms with E-state index in [9.17, 15) is 4.79 Å². The minimum Gasteiger partial charge on any atom is -0.300 e. The Kier molecular flexibility index (Phi) is 5.41. The van der Waals surface area contributed by atoms with Gasteiger partial charge in [0.1, 0.15) is 0 Å². The predicted octanol–water partition coefficient (Wildman–Crippen LogP) is 4.81. The molecule has 1 amide bonds. The van der Waals surface area contributed by atoms with E-state index in [2.05, 4.69) is 20.5 Å². The summed E-state index contributed by atoms with van der Waals surface area (Å²) in [6.45, 7) is 0. The lowest BCUT2D eigenvalue weighted by Gasteiger charge is -2.02. The van der Waals surface area contributed by atoms with Crippen molar-refractivity contribution in [2.75, 3.05) is 5.32 Å². The lowest BCUT2D eigenvalue weighted by molar-refractivity contribution is -0.116. The standard InChI is InChI=1S/C20H16N4OS2/c25-18(11-10-14-6-2-1-3-7-14)22-19-23-24-20(27-19)26-17-12-13-21-16-9-5-4-8-15(16)17/h1-9,12-13H,10-11H2,(H,22,23,25). The summed E-state index contributed by atoms with van der Waals surface area (Å²) < 4.78 is 0.782. The fourth-order valence-electron chi connectivity index (χ4n) is 2.64. The zero-order valence-corrected chi connectivity index (χ0v) is 16.0. The minimum absolute atomic E-state index is 0.0547. The molecule has 0 saturated heterocycles. The van der Waals surface area contributed by atoms with Crippen LogP contribution < -0.4 is 5.32 Å². The van der Waals surface area contributed by atoms with Crippen molar-refractivity contribution in [1.29, 1.82) is 0 Å². The zero-order chi connectivity index (χ0) is 18.5. The van der Waals surface area contributed by atoms with Gasteiger partial charge in [-0.25, -0.2) is 0 Å². The fourth-order valence-corrected chi connectivity index (χ4v) is 4.49. The molecule has 0 aliphatic heterocycles. The Hall–Kier alpha value is -2.77. The number of nitrogens with zero attached hydrogens (tertiary/aromatic N) is 3. The molecule has 2 aromatic carbocycles.